The molecule has 4 aromatic rings. The molecule has 0 saturated carbocycles. The smallest absolute Gasteiger partial charge is 0.259 e. The summed E-state index contributed by atoms with van der Waals surface area (Å²) >= 11 is 3.49. The fraction of sp³-hybridized carbons (Fsp3) is 0.130. The third-order valence-electron chi connectivity index (χ3n) is 5.42. The van der Waals surface area contributed by atoms with E-state index in [1.54, 1.807) is 12.1 Å². The van der Waals surface area contributed by atoms with Crippen LogP contribution in [0.15, 0.2) is 54.6 Å². The minimum atomic E-state index is -0.393. The van der Waals surface area contributed by atoms with Gasteiger partial charge in [-0.2, -0.15) is 0 Å². The van der Waals surface area contributed by atoms with E-state index in [1.165, 1.54) is 0 Å². The van der Waals surface area contributed by atoms with Crippen molar-refractivity contribution >= 4 is 49.6 Å². The summed E-state index contributed by atoms with van der Waals surface area (Å²) in [4.78, 5) is 25.5. The van der Waals surface area contributed by atoms with Gasteiger partial charge in [0.1, 0.15) is 5.75 Å². The molecule has 0 saturated heterocycles. The van der Waals surface area contributed by atoms with E-state index in [0.29, 0.717) is 16.5 Å². The zero-order chi connectivity index (χ0) is 20.1. The zero-order valence-electron chi connectivity index (χ0n) is 15.4. The largest absolute Gasteiger partial charge is 0.508 e. The van der Waals surface area contributed by atoms with Crippen LogP contribution in [-0.2, 0) is 6.54 Å². The Hall–Kier alpha value is -3.12. The molecule has 2 amide bonds. The van der Waals surface area contributed by atoms with Crippen LogP contribution in [-0.4, -0.2) is 26.8 Å². The van der Waals surface area contributed by atoms with Crippen molar-refractivity contribution in [2.75, 3.05) is 5.33 Å². The highest BCUT2D eigenvalue weighted by Gasteiger charge is 2.34. The average molecular weight is 449 g/mol. The molecule has 2 N–H and O–H groups in total. The molecule has 1 aromatic heterocycles. The van der Waals surface area contributed by atoms with E-state index in [-0.39, 0.29) is 11.7 Å². The predicted octanol–water partition coefficient (Wildman–Crippen LogP) is 4.84. The van der Waals surface area contributed by atoms with Crippen LogP contribution in [0.25, 0.3) is 32.9 Å². The minimum Gasteiger partial charge on any atom is -0.508 e. The van der Waals surface area contributed by atoms with Gasteiger partial charge >= 0.3 is 0 Å². The van der Waals surface area contributed by atoms with Gasteiger partial charge in [0, 0.05) is 28.2 Å². The lowest BCUT2D eigenvalue weighted by Gasteiger charge is -2.11. The number of alkyl halides is 1. The number of hydrogen-bond acceptors (Lipinski definition) is 3. The first kappa shape index (κ1) is 17.9. The minimum absolute atomic E-state index is 0.127. The van der Waals surface area contributed by atoms with Crippen LogP contribution in [0.2, 0.25) is 0 Å². The molecule has 2 heterocycles. The van der Waals surface area contributed by atoms with Crippen LogP contribution in [0.1, 0.15) is 27.1 Å². The van der Waals surface area contributed by atoms with Crippen molar-refractivity contribution in [1.82, 2.24) is 9.88 Å². The molecule has 0 spiro atoms. The molecule has 144 valence electrons. The highest BCUT2D eigenvalue weighted by molar-refractivity contribution is 9.09. The van der Waals surface area contributed by atoms with Gasteiger partial charge in [-0.1, -0.05) is 46.3 Å². The third kappa shape index (κ3) is 2.67. The first-order chi connectivity index (χ1) is 14.1. The number of aromatic hydroxyl groups is 1. The van der Waals surface area contributed by atoms with E-state index < -0.39 is 5.91 Å². The molecule has 5 nitrogen and oxygen atoms in total. The fourth-order valence-electron chi connectivity index (χ4n) is 4.24. The topological polar surface area (TPSA) is 71.3 Å². The number of carbonyl (C=O) groups excluding carboxylic acids is 2. The molecule has 0 unspecified atom stereocenters. The van der Waals surface area contributed by atoms with Crippen molar-refractivity contribution in [2.24, 2.45) is 0 Å². The first-order valence-electron chi connectivity index (χ1n) is 9.39. The van der Waals surface area contributed by atoms with Crippen molar-refractivity contribution in [2.45, 2.75) is 13.0 Å². The van der Waals surface area contributed by atoms with Gasteiger partial charge in [0.2, 0.25) is 0 Å². The maximum atomic E-state index is 12.8. The standard InChI is InChI=1S/C23H17BrN2O3/c24-9-4-10-26-17-8-7-14(27)11-16(17)19-18(26)12-15(13-5-2-1-3-6-13)20-21(19)23(29)25-22(20)28/h1-3,5-8,11-12,27H,4,9-10H2,(H,25,28,29). The highest BCUT2D eigenvalue weighted by atomic mass is 79.9. The van der Waals surface area contributed by atoms with Gasteiger partial charge in [-0.3, -0.25) is 14.9 Å². The number of imide groups is 1. The SMILES string of the molecule is O=C1NC(=O)c2c1c(-c1ccccc1)cc1c2c2cc(O)ccc2n1CCCBr. The van der Waals surface area contributed by atoms with Gasteiger partial charge in [0.15, 0.2) is 0 Å². The summed E-state index contributed by atoms with van der Waals surface area (Å²) in [7, 11) is 0. The maximum absolute atomic E-state index is 12.8. The van der Waals surface area contributed by atoms with Crippen LogP contribution < -0.4 is 5.32 Å². The molecule has 1 aliphatic rings. The van der Waals surface area contributed by atoms with Crippen molar-refractivity contribution in [3.63, 3.8) is 0 Å². The first-order valence-corrected chi connectivity index (χ1v) is 10.5. The number of nitrogens with one attached hydrogen (secondary N) is 1. The number of fused-ring (bicyclic) bond motifs is 5. The summed E-state index contributed by atoms with van der Waals surface area (Å²) in [5, 5.41) is 14.9. The average Bonchev–Trinajstić information content (AvgIpc) is 3.19. The van der Waals surface area contributed by atoms with E-state index in [0.717, 1.165) is 45.8 Å². The molecular formula is C23H17BrN2O3. The van der Waals surface area contributed by atoms with E-state index in [9.17, 15) is 14.7 Å². The summed E-state index contributed by atoms with van der Waals surface area (Å²) in [6.45, 7) is 0.749. The molecule has 5 rings (SSSR count). The Morgan fingerprint density at radius 1 is 0.931 bits per heavy atom. The Morgan fingerprint density at radius 2 is 1.69 bits per heavy atom. The molecule has 6 heteroatoms. The lowest BCUT2D eigenvalue weighted by atomic mass is 9.93. The van der Waals surface area contributed by atoms with Gasteiger partial charge in [-0.25, -0.2) is 0 Å². The molecule has 0 radical (unpaired) electrons. The molecule has 0 atom stereocenters. The van der Waals surface area contributed by atoms with Crippen molar-refractivity contribution in [3.8, 4) is 16.9 Å². The van der Waals surface area contributed by atoms with E-state index >= 15 is 0 Å². The monoisotopic (exact) mass is 448 g/mol. The Labute approximate surface area is 175 Å². The van der Waals surface area contributed by atoms with Crippen molar-refractivity contribution < 1.29 is 14.7 Å². The number of hydrogen-bond donors (Lipinski definition) is 2. The van der Waals surface area contributed by atoms with Gasteiger partial charge in [-0.15, -0.1) is 0 Å². The number of phenolic OH excluding ortho intramolecular Hbond substituents is 1. The number of halogens is 1. The summed E-state index contributed by atoms with van der Waals surface area (Å²) in [6, 6.07) is 16.8. The number of carbonyl (C=O) groups is 2. The van der Waals surface area contributed by atoms with E-state index in [2.05, 4.69) is 25.8 Å². The molecule has 0 aliphatic carbocycles. The van der Waals surface area contributed by atoms with Crippen LogP contribution >= 0.6 is 15.9 Å². The second-order valence-electron chi connectivity index (χ2n) is 7.11. The molecule has 29 heavy (non-hydrogen) atoms. The summed E-state index contributed by atoms with van der Waals surface area (Å²) in [5.74, 6) is -0.648. The van der Waals surface area contributed by atoms with Crippen molar-refractivity contribution in [3.05, 3.63) is 65.7 Å². The predicted molar refractivity (Wildman–Crippen MR) is 117 cm³/mol. The summed E-state index contributed by atoms with van der Waals surface area (Å²) in [6.07, 6.45) is 0.905. The number of amides is 2. The Morgan fingerprint density at radius 3 is 2.45 bits per heavy atom. The molecule has 3 aromatic carbocycles. The van der Waals surface area contributed by atoms with Crippen LogP contribution in [0.4, 0.5) is 0 Å². The van der Waals surface area contributed by atoms with Crippen LogP contribution in [0.3, 0.4) is 0 Å². The van der Waals surface area contributed by atoms with Crippen LogP contribution in [0, 0.1) is 0 Å². The Kier molecular flexibility index (Phi) is 4.17. The third-order valence-corrected chi connectivity index (χ3v) is 5.98. The Bertz CT molecular complexity index is 1310. The Balaban J connectivity index is 1.97. The quantitative estimate of drug-likeness (QED) is 0.346. The number of phenols is 1. The van der Waals surface area contributed by atoms with Crippen LogP contribution in [0.5, 0.6) is 5.75 Å². The second kappa shape index (κ2) is 6.74. The van der Waals surface area contributed by atoms with Gasteiger partial charge in [-0.05, 0) is 41.8 Å². The van der Waals surface area contributed by atoms with Gasteiger partial charge < -0.3 is 9.67 Å². The number of nitrogens with zero attached hydrogens (tertiary/aromatic N) is 1. The number of benzene rings is 3. The number of aryl methyl sites for hydroxylation is 1. The van der Waals surface area contributed by atoms with E-state index in [1.807, 2.05) is 42.5 Å². The lowest BCUT2D eigenvalue weighted by Crippen LogP contribution is -2.20. The summed E-state index contributed by atoms with van der Waals surface area (Å²) < 4.78 is 2.16. The fourth-order valence-corrected chi connectivity index (χ4v) is 4.49. The summed E-state index contributed by atoms with van der Waals surface area (Å²) in [5.41, 5.74) is 4.22. The molecular weight excluding hydrogens is 432 g/mol. The number of rotatable bonds is 4. The van der Waals surface area contributed by atoms with Gasteiger partial charge in [0.05, 0.1) is 16.6 Å². The normalized spacial score (nSPS) is 13.3. The zero-order valence-corrected chi connectivity index (χ0v) is 17.0. The maximum Gasteiger partial charge on any atom is 0.259 e. The molecule has 0 bridgehead atoms. The van der Waals surface area contributed by atoms with Gasteiger partial charge in [0.25, 0.3) is 11.8 Å². The molecule has 1 aliphatic heterocycles. The van der Waals surface area contributed by atoms with E-state index in [4.69, 9.17) is 0 Å². The number of aromatic nitrogens is 1. The second-order valence-corrected chi connectivity index (χ2v) is 7.91. The highest BCUT2D eigenvalue weighted by Crippen LogP contribution is 2.41. The van der Waals surface area contributed by atoms with Crippen molar-refractivity contribution in [1.29, 1.82) is 0 Å². The lowest BCUT2D eigenvalue weighted by molar-refractivity contribution is 0.0880. The molecule has 0 fully saturated rings.